The predicted molar refractivity (Wildman–Crippen MR) is 107 cm³/mol. The number of aromatic nitrogens is 2. The summed E-state index contributed by atoms with van der Waals surface area (Å²) < 4.78 is 0.874. The minimum absolute atomic E-state index is 0.0129. The zero-order chi connectivity index (χ0) is 20.8. The molecule has 8 nitrogen and oxygen atoms in total. The second-order valence-corrected chi connectivity index (χ2v) is 7.94. The maximum atomic E-state index is 12.9. The summed E-state index contributed by atoms with van der Waals surface area (Å²) in [7, 11) is 0. The Kier molecular flexibility index (Phi) is 7.45. The molecule has 2 aromatic rings. The van der Waals surface area contributed by atoms with Gasteiger partial charge in [-0.05, 0) is 42.9 Å². The molecule has 28 heavy (non-hydrogen) atoms. The first kappa shape index (κ1) is 21.7. The van der Waals surface area contributed by atoms with Crippen LogP contribution in [0.4, 0.5) is 0 Å². The van der Waals surface area contributed by atoms with Crippen LogP contribution in [0.2, 0.25) is 0 Å². The van der Waals surface area contributed by atoms with Gasteiger partial charge in [0.1, 0.15) is 6.04 Å². The number of carbonyl (C=O) groups excluding carboxylic acids is 2. The number of aliphatic carboxylic acids is 1. The number of hydrogen-bond donors (Lipinski definition) is 2. The van der Waals surface area contributed by atoms with Crippen LogP contribution in [0.1, 0.15) is 32.7 Å². The molecule has 0 aliphatic heterocycles. The van der Waals surface area contributed by atoms with Gasteiger partial charge in [0, 0.05) is 0 Å². The van der Waals surface area contributed by atoms with Gasteiger partial charge in [-0.15, -0.1) is 0 Å². The number of benzene rings is 1. The summed E-state index contributed by atoms with van der Waals surface area (Å²) in [4.78, 5) is 52.3. The first-order valence-electron chi connectivity index (χ1n) is 9.00. The molecule has 2 rings (SSSR count). The van der Waals surface area contributed by atoms with E-state index in [0.29, 0.717) is 11.3 Å². The highest BCUT2D eigenvalue weighted by Gasteiger charge is 2.27. The van der Waals surface area contributed by atoms with Crippen LogP contribution < -0.4 is 21.7 Å². The van der Waals surface area contributed by atoms with E-state index < -0.39 is 35.2 Å². The first-order valence-corrected chi connectivity index (χ1v) is 10.4. The predicted octanol–water partition coefficient (Wildman–Crippen LogP) is 0.265. The van der Waals surface area contributed by atoms with Crippen LogP contribution in [0.3, 0.4) is 0 Å². The van der Waals surface area contributed by atoms with Gasteiger partial charge in [-0.2, -0.15) is 11.8 Å². The van der Waals surface area contributed by atoms with Gasteiger partial charge in [-0.25, -0.2) is 9.36 Å². The molecule has 0 aliphatic rings. The minimum atomic E-state index is -1.40. The van der Waals surface area contributed by atoms with Crippen molar-refractivity contribution < 1.29 is 14.7 Å². The number of H-pyrrole nitrogens is 1. The van der Waals surface area contributed by atoms with Gasteiger partial charge in [-0.1, -0.05) is 26.0 Å². The van der Waals surface area contributed by atoms with Gasteiger partial charge in [-0.3, -0.25) is 9.59 Å². The van der Waals surface area contributed by atoms with E-state index in [1.165, 1.54) is 11.8 Å². The maximum absolute atomic E-state index is 12.9. The number of rotatable bonds is 9. The lowest BCUT2D eigenvalue weighted by Crippen LogP contribution is -2.52. The number of carboxylic acid groups (broad SMARTS) is 1. The van der Waals surface area contributed by atoms with Crippen LogP contribution >= 0.6 is 11.8 Å². The fourth-order valence-corrected chi connectivity index (χ4v) is 3.46. The third-order valence-corrected chi connectivity index (χ3v) is 5.00. The molecule has 0 fully saturated rings. The van der Waals surface area contributed by atoms with Crippen molar-refractivity contribution in [1.82, 2.24) is 14.9 Å². The number of carboxylic acids is 1. The zero-order valence-corrected chi connectivity index (χ0v) is 16.9. The Morgan fingerprint density at radius 1 is 1.25 bits per heavy atom. The zero-order valence-electron chi connectivity index (χ0n) is 16.1. The quantitative estimate of drug-likeness (QED) is 0.616. The molecule has 0 saturated carbocycles. The Bertz CT molecular complexity index is 966. The number of carbonyl (C=O) groups is 2. The van der Waals surface area contributed by atoms with E-state index in [2.05, 4.69) is 10.3 Å². The van der Waals surface area contributed by atoms with Crippen molar-refractivity contribution in [2.75, 3.05) is 12.0 Å². The summed E-state index contributed by atoms with van der Waals surface area (Å²) in [5, 5.41) is 14.1. The molecule has 1 amide bonds. The Labute approximate surface area is 166 Å². The summed E-state index contributed by atoms with van der Waals surface area (Å²) in [5.41, 5.74) is -0.919. The third kappa shape index (κ3) is 5.03. The number of para-hydroxylation sites is 1. The van der Waals surface area contributed by atoms with Crippen LogP contribution in [-0.4, -0.2) is 39.5 Å². The second-order valence-electron chi connectivity index (χ2n) is 6.96. The molecule has 0 bridgehead atoms. The van der Waals surface area contributed by atoms with Crippen LogP contribution in [0.25, 0.3) is 10.9 Å². The molecule has 1 heterocycles. The lowest BCUT2D eigenvalue weighted by Gasteiger charge is -2.25. The van der Waals surface area contributed by atoms with E-state index in [4.69, 9.17) is 0 Å². The van der Waals surface area contributed by atoms with Crippen molar-refractivity contribution in [1.29, 1.82) is 0 Å². The van der Waals surface area contributed by atoms with E-state index in [9.17, 15) is 24.3 Å². The average Bonchev–Trinajstić information content (AvgIpc) is 2.63. The van der Waals surface area contributed by atoms with E-state index in [1.54, 1.807) is 24.3 Å². The van der Waals surface area contributed by atoms with E-state index in [-0.39, 0.29) is 24.1 Å². The molecule has 0 radical (unpaired) electrons. The van der Waals surface area contributed by atoms with Gasteiger partial charge < -0.3 is 20.2 Å². The molecule has 0 aliphatic carbocycles. The van der Waals surface area contributed by atoms with E-state index in [0.717, 1.165) is 4.57 Å². The monoisotopic (exact) mass is 406 g/mol. The molecule has 1 aromatic carbocycles. The average molecular weight is 406 g/mol. The Balaban J connectivity index is 2.48. The fraction of sp³-hybridized carbons (Fsp3) is 0.474. The van der Waals surface area contributed by atoms with Gasteiger partial charge in [0.15, 0.2) is 0 Å². The normalized spacial score (nSPS) is 13.4. The summed E-state index contributed by atoms with van der Waals surface area (Å²) in [6.07, 6.45) is 2.21. The van der Waals surface area contributed by atoms with Crippen LogP contribution in [0, 0.1) is 5.92 Å². The molecular formula is C19H24N3O5S-. The number of amides is 1. The summed E-state index contributed by atoms with van der Waals surface area (Å²) in [5.74, 6) is -1.58. The van der Waals surface area contributed by atoms with E-state index >= 15 is 0 Å². The van der Waals surface area contributed by atoms with Crippen LogP contribution in [-0.2, 0) is 9.59 Å². The number of hydrogen-bond acceptors (Lipinski definition) is 6. The number of thioether (sulfide) groups is 1. The highest BCUT2D eigenvalue weighted by Crippen LogP contribution is 2.17. The first-order chi connectivity index (χ1) is 13.3. The SMILES string of the molecule is CSCC[C@@H](NC(=O)[C@H](CC(C)C)n1c(=O)[nH]c2ccccc2c1=O)C(=O)[O-]. The Morgan fingerprint density at radius 2 is 1.93 bits per heavy atom. The smallest absolute Gasteiger partial charge is 0.329 e. The van der Waals surface area contributed by atoms with Crippen molar-refractivity contribution >= 4 is 34.5 Å². The second kappa shape index (κ2) is 9.59. The largest absolute Gasteiger partial charge is 0.548 e. The molecule has 2 N–H and O–H groups in total. The van der Waals surface area contributed by atoms with Crippen LogP contribution in [0.15, 0.2) is 33.9 Å². The van der Waals surface area contributed by atoms with Crippen molar-refractivity contribution in [3.05, 3.63) is 45.1 Å². The number of nitrogens with one attached hydrogen (secondary N) is 2. The topological polar surface area (TPSA) is 124 Å². The summed E-state index contributed by atoms with van der Waals surface area (Å²) in [6.45, 7) is 3.70. The van der Waals surface area contributed by atoms with E-state index in [1.807, 2.05) is 20.1 Å². The van der Waals surface area contributed by atoms with Gasteiger partial charge in [0.05, 0.1) is 22.9 Å². The minimum Gasteiger partial charge on any atom is -0.548 e. The molecule has 0 unspecified atom stereocenters. The number of fused-ring (bicyclic) bond motifs is 1. The number of aromatic amines is 1. The fourth-order valence-electron chi connectivity index (χ4n) is 2.99. The van der Waals surface area contributed by atoms with Gasteiger partial charge in [0.25, 0.3) is 5.56 Å². The molecule has 2 atom stereocenters. The van der Waals surface area contributed by atoms with Crippen molar-refractivity contribution in [3.8, 4) is 0 Å². The summed E-state index contributed by atoms with van der Waals surface area (Å²) in [6, 6.07) is 4.21. The molecular weight excluding hydrogens is 382 g/mol. The highest BCUT2D eigenvalue weighted by molar-refractivity contribution is 7.98. The highest BCUT2D eigenvalue weighted by atomic mass is 32.2. The molecule has 0 saturated heterocycles. The van der Waals surface area contributed by atoms with Crippen molar-refractivity contribution in [2.45, 2.75) is 38.8 Å². The van der Waals surface area contributed by atoms with Crippen molar-refractivity contribution in [2.24, 2.45) is 5.92 Å². The standard InChI is InChI=1S/C19H25N3O5S/c1-11(2)10-15(16(23)20-14(18(25)26)8-9-28-3)22-17(24)12-6-4-5-7-13(12)21-19(22)27/h4-7,11,14-15H,8-10H2,1-3H3,(H,20,23)(H,21,27)(H,25,26)/p-1/t14-,15+/m1/s1. The van der Waals surface area contributed by atoms with Crippen LogP contribution in [0.5, 0.6) is 0 Å². The molecule has 152 valence electrons. The molecule has 1 aromatic heterocycles. The third-order valence-electron chi connectivity index (χ3n) is 4.36. The maximum Gasteiger partial charge on any atom is 0.329 e. The molecule has 9 heteroatoms. The lowest BCUT2D eigenvalue weighted by molar-refractivity contribution is -0.308. The molecule has 0 spiro atoms. The van der Waals surface area contributed by atoms with Gasteiger partial charge in [0.2, 0.25) is 5.91 Å². The van der Waals surface area contributed by atoms with Gasteiger partial charge >= 0.3 is 5.69 Å². The van der Waals surface area contributed by atoms with Crippen molar-refractivity contribution in [3.63, 3.8) is 0 Å². The summed E-state index contributed by atoms with van der Waals surface area (Å²) >= 11 is 1.44. The Morgan fingerprint density at radius 3 is 2.54 bits per heavy atom. The number of nitrogens with zero attached hydrogens (tertiary/aromatic N) is 1. The Hall–Kier alpha value is -2.55. The lowest BCUT2D eigenvalue weighted by atomic mass is 10.0.